The van der Waals surface area contributed by atoms with Gasteiger partial charge >= 0.3 is 5.91 Å². The van der Waals surface area contributed by atoms with Crippen LogP contribution in [0.25, 0.3) is 11.0 Å². The molecule has 0 radical (unpaired) electrons. The minimum absolute atomic E-state index is 0.149. The number of nitrogens with zero attached hydrogens (tertiary/aromatic N) is 2. The number of carbonyl (C=O) groups excluding carboxylic acids is 4. The van der Waals surface area contributed by atoms with Crippen LogP contribution in [0.3, 0.4) is 0 Å². The Bertz CT molecular complexity index is 925. The molecule has 0 bridgehead atoms. The number of anilines is 1. The van der Waals surface area contributed by atoms with Crippen molar-refractivity contribution < 1.29 is 28.8 Å². The third-order valence-corrected chi connectivity index (χ3v) is 4.54. The Morgan fingerprint density at radius 2 is 2.00 bits per heavy atom. The molecule has 4 amide bonds. The van der Waals surface area contributed by atoms with Gasteiger partial charge in [-0.1, -0.05) is 26.2 Å². The molecule has 4 N–H and O–H groups in total. The second-order valence-electron chi connectivity index (χ2n) is 6.98. The maximum Gasteiger partial charge on any atom is 0.310 e. The first-order valence-corrected chi connectivity index (χ1v) is 9.61. The van der Waals surface area contributed by atoms with E-state index in [4.69, 9.17) is 10.3 Å². The summed E-state index contributed by atoms with van der Waals surface area (Å²) in [6, 6.07) is 6.25. The maximum absolute atomic E-state index is 12.7. The van der Waals surface area contributed by atoms with Gasteiger partial charge < -0.3 is 9.73 Å². The Labute approximate surface area is 173 Å². The Morgan fingerprint density at radius 1 is 1.27 bits per heavy atom. The zero-order valence-electron chi connectivity index (χ0n) is 17.0. The molecule has 0 unspecified atom stereocenters. The number of amides is 4. The molecule has 1 atom stereocenters. The van der Waals surface area contributed by atoms with E-state index >= 15 is 0 Å². The van der Waals surface area contributed by atoms with Gasteiger partial charge in [0.2, 0.25) is 18.2 Å². The first kappa shape index (κ1) is 23.0. The van der Waals surface area contributed by atoms with E-state index in [1.807, 2.05) is 6.92 Å². The van der Waals surface area contributed by atoms with Crippen LogP contribution < -0.4 is 11.2 Å². The van der Waals surface area contributed by atoms with E-state index in [0.717, 1.165) is 12.8 Å². The molecule has 0 aliphatic rings. The lowest BCUT2D eigenvalue weighted by molar-refractivity contribution is -0.156. The van der Waals surface area contributed by atoms with Crippen molar-refractivity contribution in [2.45, 2.75) is 39.5 Å². The van der Waals surface area contributed by atoms with E-state index in [1.165, 1.54) is 13.0 Å². The summed E-state index contributed by atoms with van der Waals surface area (Å²) < 4.78 is 5.49. The number of unbranched alkanes of at least 4 members (excludes halogenated alkanes) is 2. The van der Waals surface area contributed by atoms with Gasteiger partial charge in [-0.15, -0.1) is 0 Å². The number of hydroxylamine groups is 2. The molecule has 30 heavy (non-hydrogen) atoms. The van der Waals surface area contributed by atoms with Gasteiger partial charge in [0.15, 0.2) is 5.76 Å². The number of nitrogens with one attached hydrogen (secondary N) is 1. The van der Waals surface area contributed by atoms with Crippen molar-refractivity contribution in [2.24, 2.45) is 11.8 Å². The molecule has 1 aromatic carbocycles. The van der Waals surface area contributed by atoms with E-state index in [1.54, 1.807) is 18.2 Å². The Hall–Kier alpha value is -3.24. The van der Waals surface area contributed by atoms with Gasteiger partial charge in [-0.3, -0.25) is 24.4 Å². The van der Waals surface area contributed by atoms with Crippen LogP contribution in [0.1, 0.15) is 50.1 Å². The third-order valence-electron chi connectivity index (χ3n) is 4.54. The zero-order chi connectivity index (χ0) is 22.3. The average molecular weight is 418 g/mol. The molecule has 0 saturated heterocycles. The predicted molar refractivity (Wildman–Crippen MR) is 108 cm³/mol. The summed E-state index contributed by atoms with van der Waals surface area (Å²) in [7, 11) is 0. The van der Waals surface area contributed by atoms with Gasteiger partial charge in [-0.2, -0.15) is 0 Å². The first-order chi connectivity index (χ1) is 14.3. The molecule has 0 aliphatic carbocycles. The number of furan rings is 1. The third kappa shape index (κ3) is 5.88. The van der Waals surface area contributed by atoms with Crippen molar-refractivity contribution in [2.75, 3.05) is 11.9 Å². The molecule has 10 heteroatoms. The Kier molecular flexibility index (Phi) is 8.07. The molecule has 0 spiro atoms. The molecule has 10 nitrogen and oxygen atoms in total. The fourth-order valence-electron chi connectivity index (χ4n) is 3.05. The molecular formula is C20H26N4O6. The number of imide groups is 1. The highest BCUT2D eigenvalue weighted by Crippen LogP contribution is 2.24. The lowest BCUT2D eigenvalue weighted by atomic mass is 10.00. The number of hydrazine groups is 1. The number of hydrogen-bond acceptors (Lipinski definition) is 7. The SMILES string of the molecule is CCCCC[C@H](CN(O)C=O)C(=O)N(N)C(=O)c1cc2cc(NC(C)=O)ccc2o1. The number of nitrogens with two attached hydrogens (primary N) is 1. The highest BCUT2D eigenvalue weighted by Gasteiger charge is 2.30. The van der Waals surface area contributed by atoms with Crippen LogP contribution in [-0.4, -0.2) is 46.0 Å². The summed E-state index contributed by atoms with van der Waals surface area (Å²) in [5, 5.41) is 13.5. The molecular weight excluding hydrogens is 392 g/mol. The number of benzene rings is 1. The van der Waals surface area contributed by atoms with Gasteiger partial charge in [0.05, 0.1) is 12.5 Å². The minimum Gasteiger partial charge on any atom is -0.451 e. The number of carbonyl (C=O) groups is 4. The molecule has 162 valence electrons. The maximum atomic E-state index is 12.7. The lowest BCUT2D eigenvalue weighted by Gasteiger charge is -2.23. The van der Waals surface area contributed by atoms with Gasteiger partial charge in [-0.05, 0) is 30.7 Å². The predicted octanol–water partition coefficient (Wildman–Crippen LogP) is 2.28. The quantitative estimate of drug-likeness (QED) is 0.134. The summed E-state index contributed by atoms with van der Waals surface area (Å²) in [4.78, 5) is 47.3. The second-order valence-corrected chi connectivity index (χ2v) is 6.98. The molecule has 0 saturated carbocycles. The van der Waals surface area contributed by atoms with Gasteiger partial charge in [0.1, 0.15) is 5.58 Å². The summed E-state index contributed by atoms with van der Waals surface area (Å²) in [5.74, 6) is 2.96. The largest absolute Gasteiger partial charge is 0.451 e. The van der Waals surface area contributed by atoms with Crippen LogP contribution in [0.15, 0.2) is 28.7 Å². The van der Waals surface area contributed by atoms with Gasteiger partial charge in [-0.25, -0.2) is 15.9 Å². The van der Waals surface area contributed by atoms with E-state index in [0.29, 0.717) is 39.6 Å². The number of fused-ring (bicyclic) bond motifs is 1. The van der Waals surface area contributed by atoms with Crippen molar-refractivity contribution in [3.8, 4) is 0 Å². The molecule has 1 heterocycles. The lowest BCUT2D eigenvalue weighted by Crippen LogP contribution is -2.48. The molecule has 0 aliphatic heterocycles. The fourth-order valence-corrected chi connectivity index (χ4v) is 3.05. The highest BCUT2D eigenvalue weighted by molar-refractivity contribution is 6.05. The van der Waals surface area contributed by atoms with Gasteiger partial charge in [0.25, 0.3) is 0 Å². The van der Waals surface area contributed by atoms with Crippen molar-refractivity contribution in [3.63, 3.8) is 0 Å². The van der Waals surface area contributed by atoms with Crippen molar-refractivity contribution >= 4 is 40.8 Å². The van der Waals surface area contributed by atoms with Gasteiger partial charge in [0, 0.05) is 18.0 Å². The average Bonchev–Trinajstić information content (AvgIpc) is 3.14. The van der Waals surface area contributed by atoms with Crippen molar-refractivity contribution in [3.05, 3.63) is 30.0 Å². The minimum atomic E-state index is -0.853. The number of rotatable bonds is 10. The summed E-state index contributed by atoms with van der Waals surface area (Å²) in [6.07, 6.45) is 3.00. The molecule has 2 rings (SSSR count). The Balaban J connectivity index is 2.19. The monoisotopic (exact) mass is 418 g/mol. The van der Waals surface area contributed by atoms with E-state index in [2.05, 4.69) is 5.32 Å². The first-order valence-electron chi connectivity index (χ1n) is 9.61. The summed E-state index contributed by atoms with van der Waals surface area (Å²) in [6.45, 7) is 3.10. The van der Waals surface area contributed by atoms with Crippen LogP contribution in [0.4, 0.5) is 5.69 Å². The normalized spacial score (nSPS) is 11.7. The number of hydrogen-bond donors (Lipinski definition) is 3. The van der Waals surface area contributed by atoms with Crippen LogP contribution >= 0.6 is 0 Å². The zero-order valence-corrected chi connectivity index (χ0v) is 17.0. The Morgan fingerprint density at radius 3 is 2.63 bits per heavy atom. The van der Waals surface area contributed by atoms with Crippen molar-refractivity contribution in [1.82, 2.24) is 10.1 Å². The standard InChI is InChI=1S/C20H26N4O6/c1-3-4-5-6-14(11-23(29)12-25)19(27)24(21)20(28)18-10-15-9-16(22-13(2)26)7-8-17(15)30-18/h7-10,12,14,29H,3-6,11,21H2,1-2H3,(H,22,26)/t14-/m1/s1. The van der Waals surface area contributed by atoms with Crippen LogP contribution in [0.2, 0.25) is 0 Å². The smallest absolute Gasteiger partial charge is 0.310 e. The van der Waals surface area contributed by atoms with Crippen LogP contribution in [0, 0.1) is 5.92 Å². The van der Waals surface area contributed by atoms with Crippen molar-refractivity contribution in [1.29, 1.82) is 0 Å². The second kappa shape index (κ2) is 10.5. The molecule has 2 aromatic rings. The summed E-state index contributed by atoms with van der Waals surface area (Å²) >= 11 is 0. The fraction of sp³-hybridized carbons (Fsp3) is 0.400. The van der Waals surface area contributed by atoms with E-state index in [-0.39, 0.29) is 24.6 Å². The van der Waals surface area contributed by atoms with E-state index in [9.17, 15) is 24.4 Å². The molecule has 0 fully saturated rings. The van der Waals surface area contributed by atoms with Crippen LogP contribution in [0.5, 0.6) is 0 Å². The van der Waals surface area contributed by atoms with Crippen LogP contribution in [-0.2, 0) is 14.4 Å². The topological polar surface area (TPSA) is 146 Å². The molecule has 1 aromatic heterocycles. The highest BCUT2D eigenvalue weighted by atomic mass is 16.5. The van der Waals surface area contributed by atoms with E-state index < -0.39 is 17.7 Å². The summed E-state index contributed by atoms with van der Waals surface area (Å²) in [5.41, 5.74) is 0.915.